The van der Waals surface area contributed by atoms with Crippen molar-refractivity contribution < 1.29 is 32.7 Å². The number of carboxylic acid groups (broad SMARTS) is 1. The van der Waals surface area contributed by atoms with Crippen molar-refractivity contribution in [3.63, 3.8) is 0 Å². The Hall–Kier alpha value is -1.80. The lowest BCUT2D eigenvalue weighted by molar-refractivity contribution is -0.192. The predicted octanol–water partition coefficient (Wildman–Crippen LogP) is -0.199. The van der Waals surface area contributed by atoms with Gasteiger partial charge in [0.05, 0.1) is 0 Å². The van der Waals surface area contributed by atoms with Gasteiger partial charge in [-0.3, -0.25) is 10.1 Å². The maximum absolute atomic E-state index is 10.6. The van der Waals surface area contributed by atoms with Crippen LogP contribution < -0.4 is 5.32 Å². The van der Waals surface area contributed by atoms with Gasteiger partial charge in [-0.15, -0.1) is 0 Å². The van der Waals surface area contributed by atoms with Crippen LogP contribution in [0.15, 0.2) is 0 Å². The second-order valence-corrected chi connectivity index (χ2v) is 2.51. The van der Waals surface area contributed by atoms with E-state index < -0.39 is 12.1 Å². The van der Waals surface area contributed by atoms with E-state index in [-0.39, 0.29) is 18.5 Å². The van der Waals surface area contributed by atoms with Crippen molar-refractivity contribution in [3.8, 4) is 0 Å². The molecular formula is C6H7F3N2O4. The van der Waals surface area contributed by atoms with Crippen LogP contribution in [0.4, 0.5) is 18.0 Å². The SMILES string of the molecule is CN1CC(=O)NC1=O.O=C(O)C(F)(F)F. The summed E-state index contributed by atoms with van der Waals surface area (Å²) in [5.74, 6) is -2.98. The Balaban J connectivity index is 0.000000265. The fraction of sp³-hybridized carbons (Fsp3) is 0.500. The molecule has 9 heteroatoms. The number of rotatable bonds is 0. The van der Waals surface area contributed by atoms with Crippen LogP contribution in [0.1, 0.15) is 0 Å². The molecule has 0 radical (unpaired) electrons. The highest BCUT2D eigenvalue weighted by Crippen LogP contribution is 2.13. The number of carbonyl (C=O) groups is 3. The summed E-state index contributed by atoms with van der Waals surface area (Å²) in [6.07, 6.45) is -5.08. The molecule has 0 spiro atoms. The minimum Gasteiger partial charge on any atom is -0.475 e. The number of hydrogen-bond acceptors (Lipinski definition) is 3. The van der Waals surface area contributed by atoms with E-state index in [9.17, 15) is 22.8 Å². The number of imide groups is 1. The van der Waals surface area contributed by atoms with E-state index in [1.165, 1.54) is 4.90 Å². The monoisotopic (exact) mass is 228 g/mol. The van der Waals surface area contributed by atoms with Crippen molar-refractivity contribution in [1.29, 1.82) is 0 Å². The van der Waals surface area contributed by atoms with Crippen molar-refractivity contribution in [2.45, 2.75) is 6.18 Å². The molecule has 0 aromatic rings. The number of halogens is 3. The van der Waals surface area contributed by atoms with Crippen LogP contribution >= 0.6 is 0 Å². The Morgan fingerprint density at radius 2 is 1.87 bits per heavy atom. The minimum absolute atomic E-state index is 0.193. The summed E-state index contributed by atoms with van der Waals surface area (Å²) in [6, 6.07) is -0.310. The van der Waals surface area contributed by atoms with Crippen molar-refractivity contribution in [3.05, 3.63) is 0 Å². The maximum Gasteiger partial charge on any atom is 0.490 e. The predicted molar refractivity (Wildman–Crippen MR) is 39.9 cm³/mol. The molecule has 1 saturated heterocycles. The number of nitrogens with zero attached hydrogens (tertiary/aromatic N) is 1. The summed E-state index contributed by atoms with van der Waals surface area (Å²) in [6.45, 7) is 0.193. The molecule has 1 heterocycles. The number of urea groups is 1. The summed E-state index contributed by atoms with van der Waals surface area (Å²) < 4.78 is 31.7. The molecule has 1 aliphatic rings. The fourth-order valence-corrected chi connectivity index (χ4v) is 0.541. The van der Waals surface area contributed by atoms with Crippen molar-refractivity contribution in [2.24, 2.45) is 0 Å². The van der Waals surface area contributed by atoms with Crippen LogP contribution in [0.2, 0.25) is 0 Å². The summed E-state index contributed by atoms with van der Waals surface area (Å²) in [5, 5.41) is 9.24. The molecule has 0 atom stereocenters. The lowest BCUT2D eigenvalue weighted by Crippen LogP contribution is -2.24. The first-order valence-corrected chi connectivity index (χ1v) is 3.49. The smallest absolute Gasteiger partial charge is 0.475 e. The molecule has 0 saturated carbocycles. The Morgan fingerprint density at radius 3 is 1.93 bits per heavy atom. The summed E-state index contributed by atoms with van der Waals surface area (Å²) >= 11 is 0. The molecule has 0 bridgehead atoms. The average Bonchev–Trinajstić information content (AvgIpc) is 2.28. The molecule has 1 rings (SSSR count). The maximum atomic E-state index is 10.6. The zero-order chi connectivity index (χ0) is 12.2. The number of likely N-dealkylation sites (N-methyl/N-ethyl adjacent to an activating group) is 1. The number of aliphatic carboxylic acids is 1. The Bertz CT molecular complexity index is 289. The zero-order valence-electron chi connectivity index (χ0n) is 7.46. The van der Waals surface area contributed by atoms with E-state index in [2.05, 4.69) is 5.32 Å². The Kier molecular flexibility index (Phi) is 4.07. The number of carboxylic acids is 1. The minimum atomic E-state index is -5.08. The molecule has 15 heavy (non-hydrogen) atoms. The molecular weight excluding hydrogens is 221 g/mol. The Morgan fingerprint density at radius 1 is 1.47 bits per heavy atom. The van der Waals surface area contributed by atoms with Gasteiger partial charge in [-0.05, 0) is 0 Å². The van der Waals surface area contributed by atoms with Gasteiger partial charge in [0.15, 0.2) is 0 Å². The topological polar surface area (TPSA) is 86.7 Å². The third kappa shape index (κ3) is 4.84. The first-order chi connectivity index (χ1) is 6.64. The third-order valence-electron chi connectivity index (χ3n) is 1.22. The molecule has 2 N–H and O–H groups in total. The van der Waals surface area contributed by atoms with E-state index in [0.29, 0.717) is 0 Å². The van der Waals surface area contributed by atoms with Crippen molar-refractivity contribution in [1.82, 2.24) is 10.2 Å². The van der Waals surface area contributed by atoms with Crippen LogP contribution in [-0.2, 0) is 9.59 Å². The van der Waals surface area contributed by atoms with Crippen molar-refractivity contribution in [2.75, 3.05) is 13.6 Å². The lowest BCUT2D eigenvalue weighted by atomic mass is 10.6. The Labute approximate surface area is 81.6 Å². The van der Waals surface area contributed by atoms with Gasteiger partial charge in [-0.1, -0.05) is 0 Å². The first kappa shape index (κ1) is 13.2. The molecule has 1 fully saturated rings. The average molecular weight is 228 g/mol. The molecule has 1 aliphatic heterocycles. The standard InChI is InChI=1S/C4H6N2O2.C2HF3O2/c1-6-2-3(7)5-4(6)8;3-2(4,5)1(6)7/h2H2,1H3,(H,5,7,8);(H,6,7). The highest BCUT2D eigenvalue weighted by molar-refractivity contribution is 6.01. The van der Waals surface area contributed by atoms with Crippen LogP contribution in [0.3, 0.4) is 0 Å². The van der Waals surface area contributed by atoms with E-state index in [0.717, 1.165) is 0 Å². The van der Waals surface area contributed by atoms with Crippen LogP contribution in [0, 0.1) is 0 Å². The van der Waals surface area contributed by atoms with Gasteiger partial charge in [0.25, 0.3) is 0 Å². The molecule has 3 amide bonds. The summed E-state index contributed by atoms with van der Waals surface area (Å²) in [5.41, 5.74) is 0. The highest BCUT2D eigenvalue weighted by atomic mass is 19.4. The van der Waals surface area contributed by atoms with Gasteiger partial charge in [0.2, 0.25) is 5.91 Å². The zero-order valence-corrected chi connectivity index (χ0v) is 7.46. The molecule has 0 unspecified atom stereocenters. The number of alkyl halides is 3. The van der Waals surface area contributed by atoms with E-state index in [1.807, 2.05) is 0 Å². The molecule has 0 aromatic carbocycles. The normalized spacial score (nSPS) is 15.6. The third-order valence-corrected chi connectivity index (χ3v) is 1.22. The molecule has 0 aromatic heterocycles. The van der Waals surface area contributed by atoms with Gasteiger partial charge in [0, 0.05) is 7.05 Å². The molecule has 0 aliphatic carbocycles. The number of nitrogens with one attached hydrogen (secondary N) is 1. The largest absolute Gasteiger partial charge is 0.490 e. The van der Waals surface area contributed by atoms with Gasteiger partial charge in [0.1, 0.15) is 6.54 Å². The van der Waals surface area contributed by atoms with E-state index in [1.54, 1.807) is 7.05 Å². The number of carbonyl (C=O) groups excluding carboxylic acids is 2. The highest BCUT2D eigenvalue weighted by Gasteiger charge is 2.38. The first-order valence-electron chi connectivity index (χ1n) is 3.49. The number of hydrogen-bond donors (Lipinski definition) is 2. The number of amides is 3. The second kappa shape index (κ2) is 4.62. The van der Waals surface area contributed by atoms with E-state index >= 15 is 0 Å². The summed E-state index contributed by atoms with van der Waals surface area (Å²) in [7, 11) is 1.57. The van der Waals surface area contributed by atoms with Crippen LogP contribution in [0.5, 0.6) is 0 Å². The van der Waals surface area contributed by atoms with Crippen molar-refractivity contribution >= 4 is 17.9 Å². The van der Waals surface area contributed by atoms with Gasteiger partial charge in [-0.2, -0.15) is 13.2 Å². The van der Waals surface area contributed by atoms with E-state index in [4.69, 9.17) is 9.90 Å². The molecule has 86 valence electrons. The lowest BCUT2D eigenvalue weighted by Gasteiger charge is -1.99. The van der Waals surface area contributed by atoms with Gasteiger partial charge in [-0.25, -0.2) is 9.59 Å². The summed E-state index contributed by atoms with van der Waals surface area (Å²) in [4.78, 5) is 30.9. The van der Waals surface area contributed by atoms with Crippen LogP contribution in [0.25, 0.3) is 0 Å². The van der Waals surface area contributed by atoms with Gasteiger partial charge >= 0.3 is 18.2 Å². The molecule has 6 nitrogen and oxygen atoms in total. The quantitative estimate of drug-likeness (QED) is 0.562. The van der Waals surface area contributed by atoms with Crippen LogP contribution in [-0.4, -0.2) is 47.7 Å². The second-order valence-electron chi connectivity index (χ2n) is 2.51. The van der Waals surface area contributed by atoms with Gasteiger partial charge < -0.3 is 10.0 Å². The fourth-order valence-electron chi connectivity index (χ4n) is 0.541.